The monoisotopic (exact) mass is 1970 g/mol. The van der Waals surface area contributed by atoms with Crippen LogP contribution in [0.5, 0.6) is 40.2 Å². The third-order valence-corrected chi connectivity index (χ3v) is 29.4. The van der Waals surface area contributed by atoms with E-state index in [1.807, 2.05) is 37.3 Å². The molecule has 29 nitrogen and oxygen atoms in total. The molecule has 15 atom stereocenters. The van der Waals surface area contributed by atoms with Gasteiger partial charge in [-0.25, -0.2) is 33.6 Å². The van der Waals surface area contributed by atoms with Crippen molar-refractivity contribution in [2.75, 3.05) is 26.4 Å². The van der Waals surface area contributed by atoms with Crippen molar-refractivity contribution in [3.05, 3.63) is 307 Å². The number of allylic oxidation sites excluding steroid dienone is 3. The number of aryl methyl sites for hydroxylation is 7. The van der Waals surface area contributed by atoms with Gasteiger partial charge < -0.3 is 84.1 Å². The first-order valence-electron chi connectivity index (χ1n) is 49.4. The van der Waals surface area contributed by atoms with E-state index in [-0.39, 0.29) is 145 Å². The van der Waals surface area contributed by atoms with Gasteiger partial charge in [-0.15, -0.1) is 0 Å². The molecule has 0 bridgehead atoms. The summed E-state index contributed by atoms with van der Waals surface area (Å²) < 4.78 is 82.4. The summed E-state index contributed by atoms with van der Waals surface area (Å²) in [6.45, 7) is 43.5. The Labute approximate surface area is 833 Å². The Balaban J connectivity index is 0.000000126. The molecule has 14 aliphatic rings. The van der Waals surface area contributed by atoms with Crippen LogP contribution < -0.4 is 72.5 Å². The summed E-state index contributed by atoms with van der Waals surface area (Å²) >= 11 is 0. The predicted octanol–water partition coefficient (Wildman–Crippen LogP) is 18.7. The molecule has 0 amide bonds. The highest BCUT2D eigenvalue weighted by Crippen LogP contribution is 2.48. The molecule has 0 spiro atoms. The van der Waals surface area contributed by atoms with E-state index >= 15 is 0 Å². The van der Waals surface area contributed by atoms with Gasteiger partial charge in [0.25, 0.3) is 0 Å². The van der Waals surface area contributed by atoms with Gasteiger partial charge >= 0.3 is 45.3 Å². The minimum atomic E-state index is -0.495. The summed E-state index contributed by atoms with van der Waals surface area (Å²) in [5.74, 6) is 9.52. The SMILES string of the molecule is C=C(C)[C@H]1CC(=O)C2=Cc3c(cc(C)oc3=O)O[C@H]2C1.C=C(C)[C@H]1CCC2=Cc3c(cc(C)oc3=O)O[C@H]2C1.C=C(C=O)[C@H]1CCC2=Cc3c(cc(C)oc3=O)O[C@H]2C1.C=C(CO)[C@H]1CC(=O)C2=Cc3c(cc(C)oc3=O)O[C@H]2C1.C=C(CO)[C@H]1CCC2=Cc3c(cc(C)oc3=O)O[C@H]2C1.C=C(COC(C)=O)[C@H]1CCC2=Cc3c(cc(C)oc3=O)O[C@H]2C1.CCC(CO)[C@H]1CCC2=Cc3c(cc(C)oc3=O)O[C@H]2C1. The zero-order valence-corrected chi connectivity index (χ0v) is 83.5. The number of hydrogen-bond donors (Lipinski definition) is 3. The van der Waals surface area contributed by atoms with Gasteiger partial charge in [0.05, 0.1) is 13.2 Å². The first kappa shape index (κ1) is 105. The molecule has 7 fully saturated rings. The van der Waals surface area contributed by atoms with Gasteiger partial charge in [0.1, 0.15) is 175 Å². The molecule has 7 saturated carbocycles. The molecular formula is C115H126O29. The van der Waals surface area contributed by atoms with Crippen LogP contribution in [0.25, 0.3) is 42.5 Å². The Bertz CT molecular complexity index is 6990. The molecule has 7 aliphatic heterocycles. The van der Waals surface area contributed by atoms with Gasteiger partial charge in [-0.1, -0.05) is 64.0 Å². The third kappa shape index (κ3) is 24.0. The first-order chi connectivity index (χ1) is 68.7. The van der Waals surface area contributed by atoms with E-state index in [2.05, 4.69) is 53.3 Å². The normalized spacial score (nSPS) is 24.1. The Morgan fingerprint density at radius 1 is 0.354 bits per heavy atom. The number of Topliss-reactive ketones (excluding diaryl/α,β-unsaturated/α-hetero) is 2. The van der Waals surface area contributed by atoms with Crippen LogP contribution in [0.2, 0.25) is 0 Å². The second-order valence-electron chi connectivity index (χ2n) is 39.8. The van der Waals surface area contributed by atoms with E-state index in [9.17, 15) is 68.1 Å². The van der Waals surface area contributed by atoms with Crippen molar-refractivity contribution < 1.29 is 103 Å². The topological polar surface area (TPSA) is 414 Å². The minimum absolute atomic E-state index is 0.0225. The van der Waals surface area contributed by atoms with Crippen LogP contribution in [0.15, 0.2) is 219 Å². The van der Waals surface area contributed by atoms with Gasteiger partial charge in [0.2, 0.25) is 0 Å². The summed E-state index contributed by atoms with van der Waals surface area (Å²) in [4.78, 5) is 129. The number of aliphatic hydroxyl groups is 3. The minimum Gasteiger partial charge on any atom is -0.485 e. The van der Waals surface area contributed by atoms with Crippen molar-refractivity contribution in [1.82, 2.24) is 0 Å². The number of esters is 1. The fraction of sp³-hybridized carbons (Fsp3) is 0.435. The summed E-state index contributed by atoms with van der Waals surface area (Å²) in [7, 11) is 0. The average Bonchev–Trinajstić information content (AvgIpc) is 0.765. The lowest BCUT2D eigenvalue weighted by molar-refractivity contribution is -0.140. The molecule has 7 aromatic heterocycles. The Hall–Kier alpha value is -13.8. The van der Waals surface area contributed by atoms with Gasteiger partial charge in [0, 0.05) is 80.0 Å². The van der Waals surface area contributed by atoms with Crippen LogP contribution in [-0.2, 0) is 23.9 Å². The van der Waals surface area contributed by atoms with Gasteiger partial charge in [0.15, 0.2) is 11.6 Å². The van der Waals surface area contributed by atoms with Crippen LogP contribution in [0.4, 0.5) is 0 Å². The fourth-order valence-corrected chi connectivity index (χ4v) is 21.1. The summed E-state index contributed by atoms with van der Waals surface area (Å²) in [5, 5.41) is 27.9. The summed E-state index contributed by atoms with van der Waals surface area (Å²) in [6.07, 6.45) is 29.5. The Kier molecular flexibility index (Phi) is 32.7. The molecule has 0 saturated heterocycles. The second kappa shape index (κ2) is 45.0. The smallest absolute Gasteiger partial charge is 0.347 e. The Morgan fingerprint density at radius 2 is 0.618 bits per heavy atom. The molecule has 1 unspecified atom stereocenters. The molecule has 7 aliphatic carbocycles. The van der Waals surface area contributed by atoms with Crippen LogP contribution in [0.3, 0.4) is 0 Å². The van der Waals surface area contributed by atoms with Crippen molar-refractivity contribution in [3.63, 3.8) is 0 Å². The molecule has 0 radical (unpaired) electrons. The predicted molar refractivity (Wildman–Crippen MR) is 541 cm³/mol. The summed E-state index contributed by atoms with van der Waals surface area (Å²) in [5.41, 5.74) is 12.7. The number of aldehydes is 1. The van der Waals surface area contributed by atoms with Crippen LogP contribution >= 0.6 is 0 Å². The van der Waals surface area contributed by atoms with E-state index in [1.54, 1.807) is 103 Å². The van der Waals surface area contributed by atoms with E-state index in [1.165, 1.54) is 23.6 Å². The highest BCUT2D eigenvalue weighted by molar-refractivity contribution is 6.03. The van der Waals surface area contributed by atoms with Crippen LogP contribution in [0.1, 0.15) is 235 Å². The molecule has 3 N–H and O–H groups in total. The van der Waals surface area contributed by atoms with Gasteiger partial charge in [-0.05, 0) is 312 Å². The van der Waals surface area contributed by atoms with E-state index in [0.717, 1.165) is 149 Å². The second-order valence-corrected chi connectivity index (χ2v) is 39.8. The maximum atomic E-state index is 12.2. The standard InChI is InChI=1S/C18H20O5.C17H22O4.C16H16O5.C16H16O4.C16H18O4.C16H16O4.C16H18O3/c1-10(9-21-12(3)19)13-4-5-14-7-15-17(23-16(14)8-13)6-11(2)22-18(15)20;1-3-11(9-18)12-4-5-13-7-14-16(21-15(13)8-12)6-10(2)20-17(14)19;1-8(7-17)10-4-13(18)11-6-12-14(21-15(11)5-10)3-9(2)20-16(12)19;1-8(2)10-5-13(17)11-7-12-14(20-15(11)6-10)4-9(3)19-16(12)18;2*1-9(8-17)11-3-4-12-6-13-15(20-14(12)7-11)5-10(2)19-16(13)18;1-9(2)11-4-5-12-7-13-15(19-14(12)8-11)6-10(3)18-16(13)17/h6-7,13,16H,1,4-5,8-9H2,2-3H3;6-7,11-12,15,18H,3-5,8-9H2,1-2H3;3,6,10,15,17H,1,4-5,7H2,2H3;4,7,10,15H,1,5-6H2,2-3H3;5-6,11,14,17H,1,3-4,7-8H2,2H3;5-6,8,11,14H,1,3-4,7H2,2H3;6-7,11,14H,1,4-5,8H2,2-3H3/t13-,16-;11?,12-,15-;2*10-,15-;3*11-,14-/m0000000/s1. The number of rotatable bonds is 14. The average molecular weight is 1970 g/mol. The molecule has 21 rings (SSSR count). The van der Waals surface area contributed by atoms with Crippen LogP contribution in [-0.4, -0.2) is 108 Å². The third-order valence-electron chi connectivity index (χ3n) is 29.4. The molecule has 7 aromatic rings. The lowest BCUT2D eigenvalue weighted by Crippen LogP contribution is -2.37. The van der Waals surface area contributed by atoms with Gasteiger partial charge in [-0.2, -0.15) is 0 Å². The number of hydrogen-bond acceptors (Lipinski definition) is 29. The van der Waals surface area contributed by atoms with E-state index < -0.39 is 17.4 Å². The molecular weight excluding hydrogens is 1850 g/mol. The lowest BCUT2D eigenvalue weighted by atomic mass is 9.75. The molecule has 29 heteroatoms. The van der Waals surface area contributed by atoms with Crippen molar-refractivity contribution in [3.8, 4) is 40.2 Å². The maximum Gasteiger partial charge on any atom is 0.347 e. The lowest BCUT2D eigenvalue weighted by Gasteiger charge is -2.37. The number of ether oxygens (including phenoxy) is 8. The number of fused-ring (bicyclic) bond motifs is 14. The van der Waals surface area contributed by atoms with Crippen molar-refractivity contribution in [1.29, 1.82) is 0 Å². The zero-order valence-electron chi connectivity index (χ0n) is 83.5. The fourth-order valence-electron chi connectivity index (χ4n) is 21.1. The van der Waals surface area contributed by atoms with Crippen molar-refractivity contribution in [2.45, 2.75) is 247 Å². The largest absolute Gasteiger partial charge is 0.485 e. The number of carbonyl (C=O) groups excluding carboxylic acids is 4. The maximum absolute atomic E-state index is 12.2. The molecule has 14 heterocycles. The highest BCUT2D eigenvalue weighted by atomic mass is 16.5. The first-order valence-corrected chi connectivity index (χ1v) is 49.4. The molecule has 760 valence electrons. The van der Waals surface area contributed by atoms with E-state index in [4.69, 9.17) is 68.8 Å². The number of carbonyl (C=O) groups is 4. The van der Waals surface area contributed by atoms with Crippen molar-refractivity contribution in [2.24, 2.45) is 47.3 Å². The number of ketones is 2. The summed E-state index contributed by atoms with van der Waals surface area (Å²) in [6, 6.07) is 12.2. The van der Waals surface area contributed by atoms with E-state index in [0.29, 0.717) is 172 Å². The molecule has 0 aromatic carbocycles. The van der Waals surface area contributed by atoms with Crippen LogP contribution in [0, 0.1) is 95.8 Å². The highest BCUT2D eigenvalue weighted by Gasteiger charge is 2.43. The quantitative estimate of drug-likeness (QED) is 0.0394. The number of aliphatic hydroxyl groups excluding tert-OH is 3. The molecule has 144 heavy (non-hydrogen) atoms. The zero-order chi connectivity index (χ0) is 103. The van der Waals surface area contributed by atoms with Crippen molar-refractivity contribution >= 4 is 66.4 Å². The Morgan fingerprint density at radius 3 is 0.931 bits per heavy atom. The van der Waals surface area contributed by atoms with Gasteiger partial charge in [-0.3, -0.25) is 19.2 Å².